The van der Waals surface area contributed by atoms with E-state index in [1.54, 1.807) is 50.4 Å². The highest BCUT2D eigenvalue weighted by atomic mass is 35.5. The summed E-state index contributed by atoms with van der Waals surface area (Å²) in [7, 11) is 1.54. The first-order valence-electron chi connectivity index (χ1n) is 8.75. The minimum Gasteiger partial charge on any atom is -0.391 e. The molecule has 0 aliphatic carbocycles. The second-order valence-corrected chi connectivity index (χ2v) is 7.16. The molecule has 0 N–H and O–H groups in total. The van der Waals surface area contributed by atoms with Crippen molar-refractivity contribution in [1.82, 2.24) is 19.8 Å². The van der Waals surface area contributed by atoms with E-state index in [4.69, 9.17) is 28.0 Å². The van der Waals surface area contributed by atoms with Crippen LogP contribution in [-0.2, 0) is 18.5 Å². The van der Waals surface area contributed by atoms with E-state index in [2.05, 4.69) is 15.6 Å². The van der Waals surface area contributed by atoms with Crippen LogP contribution in [0.1, 0.15) is 23.6 Å². The van der Waals surface area contributed by atoms with Crippen molar-refractivity contribution in [3.63, 3.8) is 0 Å². The fourth-order valence-electron chi connectivity index (χ4n) is 2.64. The summed E-state index contributed by atoms with van der Waals surface area (Å²) in [5.74, 6) is 0. The van der Waals surface area contributed by atoms with Gasteiger partial charge in [-0.1, -0.05) is 52.6 Å². The van der Waals surface area contributed by atoms with Crippen LogP contribution in [0.3, 0.4) is 0 Å². The van der Waals surface area contributed by atoms with Crippen molar-refractivity contribution < 1.29 is 4.84 Å². The molecule has 0 atom stereocenters. The number of tetrazole rings is 1. The van der Waals surface area contributed by atoms with E-state index in [0.29, 0.717) is 27.0 Å². The predicted molar refractivity (Wildman–Crippen MR) is 115 cm³/mol. The van der Waals surface area contributed by atoms with Crippen LogP contribution in [0.4, 0.5) is 0 Å². The van der Waals surface area contributed by atoms with Crippen molar-refractivity contribution in [2.75, 3.05) is 0 Å². The summed E-state index contributed by atoms with van der Waals surface area (Å²) in [4.78, 5) is 17.7. The van der Waals surface area contributed by atoms with Gasteiger partial charge in [0.1, 0.15) is 6.61 Å². The van der Waals surface area contributed by atoms with Crippen LogP contribution in [0.15, 0.2) is 52.4 Å². The van der Waals surface area contributed by atoms with Gasteiger partial charge in [0.2, 0.25) is 0 Å². The number of hydrogen-bond acceptors (Lipinski definition) is 5. The van der Waals surface area contributed by atoms with Crippen molar-refractivity contribution in [1.29, 1.82) is 0 Å². The Morgan fingerprint density at radius 1 is 1.17 bits per heavy atom. The van der Waals surface area contributed by atoms with Crippen LogP contribution in [-0.4, -0.2) is 25.5 Å². The van der Waals surface area contributed by atoms with Gasteiger partial charge in [-0.3, -0.25) is 0 Å². The van der Waals surface area contributed by atoms with Gasteiger partial charge in [0.25, 0.3) is 0 Å². The van der Waals surface area contributed by atoms with Gasteiger partial charge in [-0.05, 0) is 54.1 Å². The zero-order valence-electron chi connectivity index (χ0n) is 16.1. The minimum absolute atomic E-state index is 0.170. The van der Waals surface area contributed by atoms with Crippen LogP contribution in [0.5, 0.6) is 0 Å². The number of nitrogens with zero attached hydrogens (tertiary/aromatic N) is 5. The molecule has 0 aliphatic rings. The molecule has 0 saturated heterocycles. The molecule has 2 aromatic carbocycles. The van der Waals surface area contributed by atoms with Gasteiger partial charge in [0.05, 0.1) is 11.4 Å². The molecule has 29 heavy (non-hydrogen) atoms. The largest absolute Gasteiger partial charge is 0.391 e. The number of rotatable bonds is 6. The van der Waals surface area contributed by atoms with E-state index in [1.165, 1.54) is 9.36 Å². The molecule has 0 unspecified atom stereocenters. The summed E-state index contributed by atoms with van der Waals surface area (Å²) in [6, 6.07) is 10.9. The third kappa shape index (κ3) is 4.75. The zero-order valence-corrected chi connectivity index (χ0v) is 17.6. The first-order chi connectivity index (χ1) is 13.9. The van der Waals surface area contributed by atoms with Crippen molar-refractivity contribution in [2.45, 2.75) is 20.5 Å². The Labute approximate surface area is 177 Å². The SMILES string of the molecule is CC(/C=C/c1c(Cl)cccc1Cl)=NOCc1c(C)cccc1-n1nnn(C)c1=O. The number of halogens is 2. The average molecular weight is 432 g/mol. The van der Waals surface area contributed by atoms with Crippen LogP contribution in [0.2, 0.25) is 10.0 Å². The summed E-state index contributed by atoms with van der Waals surface area (Å²) in [6.07, 6.45) is 3.55. The van der Waals surface area contributed by atoms with E-state index < -0.39 is 0 Å². The number of benzene rings is 2. The van der Waals surface area contributed by atoms with Crippen molar-refractivity contribution in [2.24, 2.45) is 12.2 Å². The van der Waals surface area contributed by atoms with Gasteiger partial charge in [0.15, 0.2) is 0 Å². The highest BCUT2D eigenvalue weighted by Crippen LogP contribution is 2.25. The van der Waals surface area contributed by atoms with E-state index >= 15 is 0 Å². The van der Waals surface area contributed by atoms with Gasteiger partial charge in [-0.2, -0.15) is 9.36 Å². The van der Waals surface area contributed by atoms with E-state index in [0.717, 1.165) is 11.1 Å². The van der Waals surface area contributed by atoms with Gasteiger partial charge < -0.3 is 4.84 Å². The second-order valence-electron chi connectivity index (χ2n) is 6.34. The lowest BCUT2D eigenvalue weighted by atomic mass is 10.1. The molecule has 150 valence electrons. The Morgan fingerprint density at radius 2 is 1.86 bits per heavy atom. The highest BCUT2D eigenvalue weighted by Gasteiger charge is 2.13. The fraction of sp³-hybridized carbons (Fsp3) is 0.200. The molecule has 0 spiro atoms. The number of hydrogen-bond donors (Lipinski definition) is 0. The van der Waals surface area contributed by atoms with Crippen LogP contribution >= 0.6 is 23.2 Å². The van der Waals surface area contributed by atoms with Crippen LogP contribution in [0.25, 0.3) is 11.8 Å². The Bertz CT molecular complexity index is 1130. The molecule has 0 radical (unpaired) electrons. The summed E-state index contributed by atoms with van der Waals surface area (Å²) < 4.78 is 2.40. The standard InChI is InChI=1S/C20H19Cl2N5O2/c1-13-6-4-9-19(27-20(28)26(3)24-25-27)16(13)12-29-23-14(2)10-11-15-17(21)7-5-8-18(15)22/h4-11H,12H2,1-3H3/b11-10+,23-14?. The highest BCUT2D eigenvalue weighted by molar-refractivity contribution is 6.37. The minimum atomic E-state index is -0.337. The van der Waals surface area contributed by atoms with Gasteiger partial charge in [-0.25, -0.2) is 4.79 Å². The number of oxime groups is 1. The van der Waals surface area contributed by atoms with Crippen molar-refractivity contribution in [3.05, 3.63) is 79.7 Å². The molecule has 0 fully saturated rings. The lowest BCUT2D eigenvalue weighted by molar-refractivity contribution is 0.130. The number of aromatic nitrogens is 4. The van der Waals surface area contributed by atoms with Crippen LogP contribution in [0, 0.1) is 6.92 Å². The third-order valence-corrected chi connectivity index (χ3v) is 4.90. The number of allylic oxidation sites excluding steroid dienone is 1. The monoisotopic (exact) mass is 431 g/mol. The first kappa shape index (κ1) is 20.8. The van der Waals surface area contributed by atoms with E-state index in [1.807, 2.05) is 19.1 Å². The van der Waals surface area contributed by atoms with Gasteiger partial charge in [-0.15, -0.1) is 0 Å². The lowest BCUT2D eigenvalue weighted by Crippen LogP contribution is -2.23. The maximum Gasteiger partial charge on any atom is 0.368 e. The molecule has 3 aromatic rings. The molecule has 3 rings (SSSR count). The molecule has 0 bridgehead atoms. The molecule has 7 nitrogen and oxygen atoms in total. The normalized spacial score (nSPS) is 12.0. The number of aryl methyl sites for hydroxylation is 2. The van der Waals surface area contributed by atoms with E-state index in [-0.39, 0.29) is 12.3 Å². The smallest absolute Gasteiger partial charge is 0.368 e. The molecule has 9 heteroatoms. The Kier molecular flexibility index (Phi) is 6.51. The summed E-state index contributed by atoms with van der Waals surface area (Å²) in [5.41, 5.74) is 3.36. The van der Waals surface area contributed by atoms with Crippen molar-refractivity contribution >= 4 is 35.0 Å². The topological polar surface area (TPSA) is 74.3 Å². The molecule has 1 aromatic heterocycles. The van der Waals surface area contributed by atoms with Crippen LogP contribution < -0.4 is 5.69 Å². The first-order valence-corrected chi connectivity index (χ1v) is 9.50. The predicted octanol–water partition coefficient (Wildman–Crippen LogP) is 4.19. The maximum atomic E-state index is 12.2. The second kappa shape index (κ2) is 9.07. The molecular weight excluding hydrogens is 413 g/mol. The molecular formula is C20H19Cl2N5O2. The summed E-state index contributed by atoms with van der Waals surface area (Å²) >= 11 is 12.3. The molecule has 0 amide bonds. The Balaban J connectivity index is 1.77. The fourth-order valence-corrected chi connectivity index (χ4v) is 3.16. The third-order valence-electron chi connectivity index (χ3n) is 4.24. The summed E-state index contributed by atoms with van der Waals surface area (Å²) in [6.45, 7) is 3.90. The lowest BCUT2D eigenvalue weighted by Gasteiger charge is -2.10. The van der Waals surface area contributed by atoms with E-state index in [9.17, 15) is 4.79 Å². The average Bonchev–Trinajstić information content (AvgIpc) is 3.01. The Morgan fingerprint density at radius 3 is 2.52 bits per heavy atom. The molecule has 0 aliphatic heterocycles. The molecule has 0 saturated carbocycles. The molecule has 1 heterocycles. The maximum absolute atomic E-state index is 12.2. The van der Waals surface area contributed by atoms with Crippen molar-refractivity contribution in [3.8, 4) is 5.69 Å². The zero-order chi connectivity index (χ0) is 21.0. The van der Waals surface area contributed by atoms with Gasteiger partial charge >= 0.3 is 5.69 Å². The Hall–Kier alpha value is -2.90. The quantitative estimate of drug-likeness (QED) is 0.433. The summed E-state index contributed by atoms with van der Waals surface area (Å²) in [5, 5.41) is 12.9. The van der Waals surface area contributed by atoms with Gasteiger partial charge in [0, 0.05) is 28.2 Å².